The molecule has 0 spiro atoms. The molecule has 0 saturated heterocycles. The molecular weight excluding hydrogens is 482 g/mol. The topological polar surface area (TPSA) is 107 Å². The van der Waals surface area contributed by atoms with Gasteiger partial charge < -0.3 is 20.1 Å². The molecule has 1 aliphatic carbocycles. The van der Waals surface area contributed by atoms with Gasteiger partial charge in [-0.1, -0.05) is 31.0 Å². The van der Waals surface area contributed by atoms with Crippen molar-refractivity contribution >= 4 is 28.4 Å². The van der Waals surface area contributed by atoms with Gasteiger partial charge in [0.05, 0.1) is 22.5 Å². The van der Waals surface area contributed by atoms with Gasteiger partial charge in [0, 0.05) is 29.7 Å². The van der Waals surface area contributed by atoms with E-state index in [9.17, 15) is 9.59 Å². The first-order valence-corrected chi connectivity index (χ1v) is 13.1. The van der Waals surface area contributed by atoms with Gasteiger partial charge in [-0.3, -0.25) is 14.3 Å². The molecule has 0 atom stereocenters. The minimum absolute atomic E-state index is 0.149. The van der Waals surface area contributed by atoms with Crippen LogP contribution in [-0.2, 0) is 6.54 Å². The van der Waals surface area contributed by atoms with Gasteiger partial charge >= 0.3 is 0 Å². The second kappa shape index (κ2) is 10.2. The standard InChI is InChI=1S/C29H29N5O4/c1-2-34-17-24(27(33-34)29(36)30-19-7-3-4-8-19)32-28(35)21-16-23(31-22-10-6-5-9-20(21)22)18-11-12-25-26(15-18)38-14-13-37-25/h5-6,9-12,15-17,19H,2-4,7-8,13-14H2,1H3,(H,30,36)(H,32,35). The lowest BCUT2D eigenvalue weighted by atomic mass is 10.0. The number of pyridine rings is 1. The third-order valence-electron chi connectivity index (χ3n) is 7.04. The number of benzene rings is 2. The van der Waals surface area contributed by atoms with Crippen molar-refractivity contribution in [2.75, 3.05) is 18.5 Å². The largest absolute Gasteiger partial charge is 0.486 e. The maximum atomic E-state index is 13.7. The molecule has 3 heterocycles. The zero-order valence-electron chi connectivity index (χ0n) is 21.2. The van der Waals surface area contributed by atoms with Crippen LogP contribution in [0, 0.1) is 0 Å². The Bertz CT molecular complexity index is 1520. The summed E-state index contributed by atoms with van der Waals surface area (Å²) in [6.45, 7) is 3.51. The number of anilines is 1. The Morgan fingerprint density at radius 1 is 1.00 bits per heavy atom. The highest BCUT2D eigenvalue weighted by atomic mass is 16.6. The number of carbonyl (C=O) groups is 2. The smallest absolute Gasteiger partial charge is 0.274 e. The fourth-order valence-electron chi connectivity index (χ4n) is 5.07. The first-order chi connectivity index (χ1) is 18.6. The lowest BCUT2D eigenvalue weighted by molar-refractivity contribution is 0.0933. The molecule has 0 radical (unpaired) electrons. The second-order valence-corrected chi connectivity index (χ2v) is 9.59. The summed E-state index contributed by atoms with van der Waals surface area (Å²) in [7, 11) is 0. The van der Waals surface area contributed by atoms with Crippen molar-refractivity contribution < 1.29 is 19.1 Å². The Balaban J connectivity index is 1.35. The molecule has 2 aromatic heterocycles. The van der Waals surface area contributed by atoms with Gasteiger partial charge in [0.2, 0.25) is 0 Å². The number of nitrogens with zero attached hydrogens (tertiary/aromatic N) is 3. The van der Waals surface area contributed by atoms with Crippen molar-refractivity contribution in [2.45, 2.75) is 45.2 Å². The average molecular weight is 512 g/mol. The molecule has 6 rings (SSSR count). The van der Waals surface area contributed by atoms with Crippen LogP contribution in [-0.4, -0.2) is 45.8 Å². The number of para-hydroxylation sites is 1. The molecule has 9 nitrogen and oxygen atoms in total. The van der Waals surface area contributed by atoms with E-state index in [1.807, 2.05) is 49.4 Å². The quantitative estimate of drug-likeness (QED) is 0.385. The highest BCUT2D eigenvalue weighted by Crippen LogP contribution is 2.35. The predicted molar refractivity (Wildman–Crippen MR) is 144 cm³/mol. The molecule has 1 fully saturated rings. The van der Waals surface area contributed by atoms with E-state index in [1.165, 1.54) is 0 Å². The van der Waals surface area contributed by atoms with Crippen LogP contribution in [0.4, 0.5) is 5.69 Å². The molecule has 0 bridgehead atoms. The number of aryl methyl sites for hydroxylation is 1. The lowest BCUT2D eigenvalue weighted by Crippen LogP contribution is -2.33. The third-order valence-corrected chi connectivity index (χ3v) is 7.04. The van der Waals surface area contributed by atoms with Gasteiger partial charge in [-0.25, -0.2) is 4.98 Å². The summed E-state index contributed by atoms with van der Waals surface area (Å²) < 4.78 is 13.0. The molecule has 4 aromatic rings. The van der Waals surface area contributed by atoms with Crippen molar-refractivity contribution in [1.82, 2.24) is 20.1 Å². The molecule has 2 aliphatic rings. The monoisotopic (exact) mass is 511 g/mol. The van der Waals surface area contributed by atoms with Crippen LogP contribution in [0.2, 0.25) is 0 Å². The highest BCUT2D eigenvalue weighted by Gasteiger charge is 2.24. The van der Waals surface area contributed by atoms with Crippen LogP contribution in [0.15, 0.2) is 54.7 Å². The second-order valence-electron chi connectivity index (χ2n) is 9.59. The third kappa shape index (κ3) is 4.67. The molecule has 1 aliphatic heterocycles. The van der Waals surface area contributed by atoms with Gasteiger partial charge in [0.15, 0.2) is 17.2 Å². The summed E-state index contributed by atoms with van der Waals surface area (Å²) in [5.41, 5.74) is 3.19. The molecule has 38 heavy (non-hydrogen) atoms. The van der Waals surface area contributed by atoms with Gasteiger partial charge in [-0.15, -0.1) is 0 Å². The summed E-state index contributed by atoms with van der Waals surface area (Å²) in [6.07, 6.45) is 5.85. The Kier molecular flexibility index (Phi) is 6.41. The Hall–Kier alpha value is -4.40. The predicted octanol–water partition coefficient (Wildman–Crippen LogP) is 4.81. The first kappa shape index (κ1) is 24.0. The summed E-state index contributed by atoms with van der Waals surface area (Å²) in [5.74, 6) is 0.735. The molecule has 1 saturated carbocycles. The van der Waals surface area contributed by atoms with E-state index in [0.29, 0.717) is 59.1 Å². The molecule has 9 heteroatoms. The molecule has 194 valence electrons. The van der Waals surface area contributed by atoms with Crippen molar-refractivity contribution in [3.05, 3.63) is 66.0 Å². The Morgan fingerprint density at radius 2 is 1.79 bits per heavy atom. The summed E-state index contributed by atoms with van der Waals surface area (Å²) >= 11 is 0. The number of amides is 2. The Morgan fingerprint density at radius 3 is 2.61 bits per heavy atom. The van der Waals surface area contributed by atoms with Gasteiger partial charge in [-0.2, -0.15) is 5.10 Å². The SMILES string of the molecule is CCn1cc(NC(=O)c2cc(-c3ccc4c(c3)OCCO4)nc3ccccc23)c(C(=O)NC2CCCC2)n1. The molecular formula is C29H29N5O4. The fourth-order valence-corrected chi connectivity index (χ4v) is 5.07. The van der Waals surface area contributed by atoms with Crippen LogP contribution in [0.5, 0.6) is 11.5 Å². The number of fused-ring (bicyclic) bond motifs is 2. The summed E-state index contributed by atoms with van der Waals surface area (Å²) in [6, 6.07) is 15.1. The summed E-state index contributed by atoms with van der Waals surface area (Å²) in [5, 5.41) is 11.2. The number of nitrogens with one attached hydrogen (secondary N) is 2. The number of ether oxygens (including phenoxy) is 2. The lowest BCUT2D eigenvalue weighted by Gasteiger charge is -2.19. The van der Waals surface area contributed by atoms with Crippen LogP contribution < -0.4 is 20.1 Å². The zero-order valence-corrected chi connectivity index (χ0v) is 21.2. The van der Waals surface area contributed by atoms with E-state index < -0.39 is 0 Å². The van der Waals surface area contributed by atoms with E-state index in [0.717, 1.165) is 31.2 Å². The minimum atomic E-state index is -0.340. The number of aromatic nitrogens is 3. The molecule has 2 N–H and O–H groups in total. The van der Waals surface area contributed by atoms with Crippen molar-refractivity contribution in [3.8, 4) is 22.8 Å². The van der Waals surface area contributed by atoms with Crippen molar-refractivity contribution in [3.63, 3.8) is 0 Å². The molecule has 0 unspecified atom stereocenters. The number of hydrogen-bond donors (Lipinski definition) is 2. The van der Waals surface area contributed by atoms with E-state index in [2.05, 4.69) is 15.7 Å². The van der Waals surface area contributed by atoms with Crippen molar-refractivity contribution in [1.29, 1.82) is 0 Å². The van der Waals surface area contributed by atoms with E-state index in [1.54, 1.807) is 16.9 Å². The van der Waals surface area contributed by atoms with Gasteiger partial charge in [-0.05, 0) is 50.1 Å². The van der Waals surface area contributed by atoms with Crippen LogP contribution in [0.25, 0.3) is 22.2 Å². The van der Waals surface area contributed by atoms with E-state index in [-0.39, 0.29) is 23.6 Å². The van der Waals surface area contributed by atoms with Gasteiger partial charge in [0.25, 0.3) is 11.8 Å². The first-order valence-electron chi connectivity index (χ1n) is 13.1. The average Bonchev–Trinajstić information content (AvgIpc) is 3.62. The Labute approximate surface area is 220 Å². The highest BCUT2D eigenvalue weighted by molar-refractivity contribution is 6.14. The maximum absolute atomic E-state index is 13.7. The fraction of sp³-hybridized carbons (Fsp3) is 0.310. The molecule has 2 aromatic carbocycles. The number of rotatable bonds is 6. The van der Waals surface area contributed by atoms with Crippen molar-refractivity contribution in [2.24, 2.45) is 0 Å². The van der Waals surface area contributed by atoms with E-state index in [4.69, 9.17) is 14.5 Å². The molecule has 2 amide bonds. The van der Waals surface area contributed by atoms with Crippen LogP contribution >= 0.6 is 0 Å². The number of hydrogen-bond acceptors (Lipinski definition) is 6. The maximum Gasteiger partial charge on any atom is 0.274 e. The van der Waals surface area contributed by atoms with E-state index >= 15 is 0 Å². The zero-order chi connectivity index (χ0) is 26.1. The minimum Gasteiger partial charge on any atom is -0.486 e. The summed E-state index contributed by atoms with van der Waals surface area (Å²) in [4.78, 5) is 31.6. The van der Waals surface area contributed by atoms with Crippen LogP contribution in [0.3, 0.4) is 0 Å². The van der Waals surface area contributed by atoms with Gasteiger partial charge in [0.1, 0.15) is 13.2 Å². The van der Waals surface area contributed by atoms with Crippen LogP contribution in [0.1, 0.15) is 53.5 Å². The number of carbonyl (C=O) groups excluding carboxylic acids is 2. The normalized spacial score (nSPS) is 15.0.